The van der Waals surface area contributed by atoms with Crippen LogP contribution in [-0.4, -0.2) is 20.7 Å². The predicted octanol–water partition coefficient (Wildman–Crippen LogP) is 2.77. The molecule has 0 bridgehead atoms. The van der Waals surface area contributed by atoms with Gasteiger partial charge in [0.05, 0.1) is 11.0 Å². The van der Waals surface area contributed by atoms with Crippen LogP contribution in [0.1, 0.15) is 5.69 Å². The van der Waals surface area contributed by atoms with Crippen LogP contribution in [-0.2, 0) is 13.2 Å². The van der Waals surface area contributed by atoms with Gasteiger partial charge in [0.1, 0.15) is 29.8 Å². The molecule has 2 heterocycles. The number of rotatable bonds is 5. The molecule has 0 aliphatic heterocycles. The highest BCUT2D eigenvalue weighted by molar-refractivity contribution is 5.90. The molecule has 0 amide bonds. The zero-order valence-electron chi connectivity index (χ0n) is 14.7. The van der Waals surface area contributed by atoms with Crippen molar-refractivity contribution in [1.29, 1.82) is 0 Å². The van der Waals surface area contributed by atoms with Crippen LogP contribution < -0.4 is 16.0 Å². The number of nitro benzene ring substituents is 1. The Kier molecular flexibility index (Phi) is 4.78. The number of aromatic nitrogens is 2. The van der Waals surface area contributed by atoms with Crippen molar-refractivity contribution in [2.24, 2.45) is 7.05 Å². The van der Waals surface area contributed by atoms with Crippen LogP contribution in [0.4, 0.5) is 18.9 Å². The van der Waals surface area contributed by atoms with E-state index in [0.29, 0.717) is 4.57 Å². The van der Waals surface area contributed by atoms with E-state index in [1.54, 1.807) is 0 Å². The first-order valence-corrected chi connectivity index (χ1v) is 7.90. The predicted molar refractivity (Wildman–Crippen MR) is 94.4 cm³/mol. The van der Waals surface area contributed by atoms with Gasteiger partial charge in [-0.05, 0) is 0 Å². The van der Waals surface area contributed by atoms with E-state index < -0.39 is 33.7 Å². The summed E-state index contributed by atoms with van der Waals surface area (Å²) in [7, 11) is 0.868. The molecule has 29 heavy (non-hydrogen) atoms. The molecule has 0 aliphatic carbocycles. The maximum absolute atomic E-state index is 13.0. The van der Waals surface area contributed by atoms with E-state index in [9.17, 15) is 32.9 Å². The Morgan fingerprint density at radius 1 is 1.31 bits per heavy atom. The van der Waals surface area contributed by atoms with Crippen molar-refractivity contribution in [1.82, 2.24) is 9.13 Å². The average Bonchev–Trinajstić information content (AvgIpc) is 3.04. The van der Waals surface area contributed by atoms with E-state index in [1.807, 2.05) is 0 Å². The molecule has 0 aliphatic rings. The van der Waals surface area contributed by atoms with E-state index in [4.69, 9.17) is 9.15 Å². The van der Waals surface area contributed by atoms with Crippen molar-refractivity contribution in [2.45, 2.75) is 6.18 Å². The zero-order valence-corrected chi connectivity index (χ0v) is 14.7. The Balaban J connectivity index is 2.30. The molecule has 3 aromatic rings. The number of nitro groups is 1. The number of halogens is 3. The molecule has 9 nitrogen and oxygen atoms in total. The first kappa shape index (κ1) is 19.9. The number of ether oxygens (including phenoxy) is 1. The first-order valence-electron chi connectivity index (χ1n) is 7.90. The van der Waals surface area contributed by atoms with E-state index in [-0.39, 0.29) is 39.6 Å². The Morgan fingerprint density at radius 2 is 2.00 bits per heavy atom. The Morgan fingerprint density at radius 3 is 2.59 bits per heavy atom. The smallest absolute Gasteiger partial charge is 0.431 e. The van der Waals surface area contributed by atoms with Gasteiger partial charge < -0.3 is 9.15 Å². The molecule has 0 spiro atoms. The normalized spacial score (nSPS) is 11.6. The van der Waals surface area contributed by atoms with Gasteiger partial charge in [-0.25, -0.2) is 9.36 Å². The summed E-state index contributed by atoms with van der Waals surface area (Å²) in [6.07, 6.45) is -2.61. The van der Waals surface area contributed by atoms with Gasteiger partial charge in [-0.1, -0.05) is 12.7 Å². The number of hydrogen-bond acceptors (Lipinski definition) is 6. The van der Waals surface area contributed by atoms with Crippen molar-refractivity contribution in [3.63, 3.8) is 0 Å². The number of fused-ring (bicyclic) bond motifs is 1. The zero-order chi connectivity index (χ0) is 21.5. The van der Waals surface area contributed by atoms with Crippen LogP contribution in [0.15, 0.2) is 51.1 Å². The summed E-state index contributed by atoms with van der Waals surface area (Å²) >= 11 is 0. The van der Waals surface area contributed by atoms with E-state index in [0.717, 1.165) is 19.4 Å². The maximum Gasteiger partial charge on any atom is 0.431 e. The van der Waals surface area contributed by atoms with Gasteiger partial charge in [-0.3, -0.25) is 19.5 Å². The van der Waals surface area contributed by atoms with Crippen molar-refractivity contribution >= 4 is 16.7 Å². The molecule has 152 valence electrons. The van der Waals surface area contributed by atoms with Crippen LogP contribution in [0.25, 0.3) is 16.7 Å². The third-order valence-corrected chi connectivity index (χ3v) is 4.04. The summed E-state index contributed by atoms with van der Waals surface area (Å²) in [4.78, 5) is 35.3. The van der Waals surface area contributed by atoms with Gasteiger partial charge in [0.15, 0.2) is 5.75 Å². The quantitative estimate of drug-likeness (QED) is 0.363. The minimum absolute atomic E-state index is 0.0634. The molecule has 0 atom stereocenters. The van der Waals surface area contributed by atoms with Gasteiger partial charge in [0.25, 0.3) is 5.56 Å². The van der Waals surface area contributed by atoms with Crippen LogP contribution in [0.5, 0.6) is 5.75 Å². The molecule has 12 heteroatoms. The van der Waals surface area contributed by atoms with Crippen LogP contribution in [0.2, 0.25) is 0 Å². The van der Waals surface area contributed by atoms with E-state index in [1.165, 1.54) is 12.1 Å². The van der Waals surface area contributed by atoms with Crippen molar-refractivity contribution in [3.8, 4) is 11.4 Å². The molecule has 2 aromatic heterocycles. The minimum Gasteiger partial charge on any atom is -0.483 e. The fourth-order valence-electron chi connectivity index (χ4n) is 2.73. The lowest BCUT2D eigenvalue weighted by molar-refractivity contribution is -0.385. The number of hydrogen-bond donors (Lipinski definition) is 0. The van der Waals surface area contributed by atoms with Gasteiger partial charge in [0.2, 0.25) is 0 Å². The number of nitrogens with zero attached hydrogens (tertiary/aromatic N) is 3. The topological polar surface area (TPSA) is 110 Å². The SMILES string of the molecule is C=CCOc1cc2c(-n3c(=O)cc(C(F)(F)F)n(C)c3=O)coc2cc1[N+](=O)[O-]. The fraction of sp³-hybridized carbons (Fsp3) is 0.176. The summed E-state index contributed by atoms with van der Waals surface area (Å²) in [6.45, 7) is 3.37. The molecule has 3 rings (SSSR count). The lowest BCUT2D eigenvalue weighted by Gasteiger charge is -2.13. The summed E-state index contributed by atoms with van der Waals surface area (Å²) in [5.74, 6) is -0.193. The van der Waals surface area contributed by atoms with Crippen molar-refractivity contribution in [3.05, 3.63) is 73.8 Å². The van der Waals surface area contributed by atoms with E-state index in [2.05, 4.69) is 6.58 Å². The molecule has 0 saturated carbocycles. The second-order valence-electron chi connectivity index (χ2n) is 5.84. The van der Waals surface area contributed by atoms with Gasteiger partial charge in [-0.2, -0.15) is 13.2 Å². The summed E-state index contributed by atoms with van der Waals surface area (Å²) < 4.78 is 50.2. The van der Waals surface area contributed by atoms with Crippen molar-refractivity contribution in [2.75, 3.05) is 6.61 Å². The van der Waals surface area contributed by atoms with Crippen LogP contribution in [0.3, 0.4) is 0 Å². The number of alkyl halides is 3. The third kappa shape index (κ3) is 3.39. The lowest BCUT2D eigenvalue weighted by Crippen LogP contribution is -2.40. The molecule has 0 saturated heterocycles. The molecule has 0 fully saturated rings. The van der Waals surface area contributed by atoms with E-state index >= 15 is 0 Å². The minimum atomic E-state index is -4.91. The molecular weight excluding hydrogens is 399 g/mol. The molecule has 1 aromatic carbocycles. The molecule has 0 radical (unpaired) electrons. The van der Waals surface area contributed by atoms with Crippen LogP contribution >= 0.6 is 0 Å². The first-order chi connectivity index (χ1) is 13.6. The second-order valence-corrected chi connectivity index (χ2v) is 5.84. The largest absolute Gasteiger partial charge is 0.483 e. The average molecular weight is 411 g/mol. The second kappa shape index (κ2) is 6.96. The monoisotopic (exact) mass is 411 g/mol. The number of benzene rings is 1. The standard InChI is InChI=1S/C17H12F3N3O6/c1-3-4-28-13-5-9-11(8-29-12(9)6-10(13)23(26)27)22-15(24)7-14(17(18,19)20)21(2)16(22)25/h3,5-8H,1,4H2,2H3. The van der Waals surface area contributed by atoms with Gasteiger partial charge >= 0.3 is 17.6 Å². The lowest BCUT2D eigenvalue weighted by atomic mass is 10.2. The van der Waals surface area contributed by atoms with Crippen LogP contribution in [0, 0.1) is 10.1 Å². The van der Waals surface area contributed by atoms with Crippen molar-refractivity contribution < 1.29 is 27.2 Å². The highest BCUT2D eigenvalue weighted by Gasteiger charge is 2.35. The Labute approximate surface area is 159 Å². The van der Waals surface area contributed by atoms with Gasteiger partial charge in [0, 0.05) is 24.6 Å². The highest BCUT2D eigenvalue weighted by atomic mass is 19.4. The molecular formula is C17H12F3N3O6. The maximum atomic E-state index is 13.0. The highest BCUT2D eigenvalue weighted by Crippen LogP contribution is 2.35. The molecule has 0 unspecified atom stereocenters. The summed E-state index contributed by atoms with van der Waals surface area (Å²) in [5.41, 5.74) is -4.60. The Bertz CT molecular complexity index is 1250. The fourth-order valence-corrected chi connectivity index (χ4v) is 2.73. The Hall–Kier alpha value is -3.83. The third-order valence-electron chi connectivity index (χ3n) is 4.04. The summed E-state index contributed by atoms with van der Waals surface area (Å²) in [5, 5.41) is 11.3. The van der Waals surface area contributed by atoms with Gasteiger partial charge in [-0.15, -0.1) is 0 Å². The number of furan rings is 1. The summed E-state index contributed by atoms with van der Waals surface area (Å²) in [6, 6.07) is 2.47. The molecule has 0 N–H and O–H groups in total.